The molecule has 14 rings (SSSR count). The van der Waals surface area contributed by atoms with Gasteiger partial charge < -0.3 is 14.7 Å². The van der Waals surface area contributed by atoms with Crippen molar-refractivity contribution in [2.24, 2.45) is 0 Å². The maximum atomic E-state index is 2.74. The highest BCUT2D eigenvalue weighted by Gasteiger charge is 2.51. The van der Waals surface area contributed by atoms with Gasteiger partial charge in [-0.3, -0.25) is 0 Å². The van der Waals surface area contributed by atoms with Crippen LogP contribution in [0.25, 0.3) is 11.1 Å². The number of nitrogens with zero attached hydrogens (tertiary/aromatic N) is 3. The fourth-order valence-corrected chi connectivity index (χ4v) is 16.5. The molecular weight excluding hydrogens is 1010 g/mol. The van der Waals surface area contributed by atoms with Crippen molar-refractivity contribution in [3.63, 3.8) is 0 Å². The molecule has 2 heterocycles. The van der Waals surface area contributed by atoms with Crippen LogP contribution in [-0.4, -0.2) is 6.71 Å². The Hall–Kier alpha value is -7.56. The van der Waals surface area contributed by atoms with Gasteiger partial charge in [-0.1, -0.05) is 218 Å². The number of anilines is 9. The Morgan fingerprint density at radius 2 is 0.798 bits per heavy atom. The SMILES string of the molecule is CC1(C)CCC(C)(C)c2cc(N3c4cc5c(cc4B4c6cc7c(cc6N(c6ccc(C(C)(C)c8ccccc8)cc6-c6ccccc6)c6cc(N(c8ccccc8)c8ccccc8)cc3c64)C(C)(C)CC7(C)C)C(C)(C)CCC5(C)C)ccc21. The van der Waals surface area contributed by atoms with E-state index in [0.717, 1.165) is 42.7 Å². The molecule has 422 valence electrons. The summed E-state index contributed by atoms with van der Waals surface area (Å²) in [5.41, 5.74) is 28.5. The summed E-state index contributed by atoms with van der Waals surface area (Å²) in [6, 6.07) is 75.4. The second-order valence-corrected chi connectivity index (χ2v) is 30.2. The van der Waals surface area contributed by atoms with Gasteiger partial charge in [-0.25, -0.2) is 0 Å². The molecule has 0 atom stereocenters. The third kappa shape index (κ3) is 8.42. The molecule has 2 aliphatic heterocycles. The maximum absolute atomic E-state index is 2.74. The molecule has 0 saturated heterocycles. The van der Waals surface area contributed by atoms with Gasteiger partial charge >= 0.3 is 0 Å². The van der Waals surface area contributed by atoms with Gasteiger partial charge in [0.15, 0.2) is 0 Å². The van der Waals surface area contributed by atoms with Crippen LogP contribution in [0.5, 0.6) is 0 Å². The van der Waals surface area contributed by atoms with Gasteiger partial charge in [-0.2, -0.15) is 0 Å². The summed E-state index contributed by atoms with van der Waals surface area (Å²) in [4.78, 5) is 7.98. The van der Waals surface area contributed by atoms with Crippen molar-refractivity contribution in [1.82, 2.24) is 0 Å². The van der Waals surface area contributed by atoms with Gasteiger partial charge in [0.25, 0.3) is 6.71 Å². The molecular formula is C80H84BN3. The van der Waals surface area contributed by atoms with Gasteiger partial charge in [0, 0.05) is 50.8 Å². The van der Waals surface area contributed by atoms with Gasteiger partial charge in [0.1, 0.15) is 0 Å². The van der Waals surface area contributed by atoms with Crippen molar-refractivity contribution in [1.29, 1.82) is 0 Å². The van der Waals surface area contributed by atoms with Crippen LogP contribution in [0.15, 0.2) is 194 Å². The van der Waals surface area contributed by atoms with E-state index in [1.165, 1.54) is 113 Å². The Morgan fingerprint density at radius 3 is 1.35 bits per heavy atom. The van der Waals surface area contributed by atoms with Crippen LogP contribution in [0.1, 0.15) is 174 Å². The zero-order valence-corrected chi connectivity index (χ0v) is 52.4. The first-order valence-corrected chi connectivity index (χ1v) is 31.3. The van der Waals surface area contributed by atoms with Crippen molar-refractivity contribution in [2.75, 3.05) is 14.7 Å². The predicted octanol–water partition coefficient (Wildman–Crippen LogP) is 19.9. The topological polar surface area (TPSA) is 9.72 Å². The Balaban J connectivity index is 1.16. The summed E-state index contributed by atoms with van der Waals surface area (Å²) in [5.74, 6) is 0. The first-order valence-electron chi connectivity index (χ1n) is 31.3. The smallest absolute Gasteiger partial charge is 0.252 e. The van der Waals surface area contributed by atoms with Crippen molar-refractivity contribution in [3.05, 3.63) is 239 Å². The van der Waals surface area contributed by atoms with Crippen LogP contribution >= 0.6 is 0 Å². The second kappa shape index (κ2) is 18.7. The zero-order chi connectivity index (χ0) is 58.7. The summed E-state index contributed by atoms with van der Waals surface area (Å²) in [6.07, 6.45) is 5.69. The zero-order valence-electron chi connectivity index (χ0n) is 52.4. The van der Waals surface area contributed by atoms with Gasteiger partial charge in [-0.05, 0) is 204 Å². The average molecular weight is 1100 g/mol. The molecule has 0 aromatic heterocycles. The molecule has 0 radical (unpaired) electrons. The molecule has 0 bridgehead atoms. The van der Waals surface area contributed by atoms with E-state index in [4.69, 9.17) is 0 Å². The van der Waals surface area contributed by atoms with Crippen LogP contribution in [0.2, 0.25) is 0 Å². The van der Waals surface area contributed by atoms with E-state index >= 15 is 0 Å². The van der Waals surface area contributed by atoms with E-state index < -0.39 is 0 Å². The summed E-state index contributed by atoms with van der Waals surface area (Å²) in [5, 5.41) is 0. The van der Waals surface area contributed by atoms with Crippen LogP contribution in [0, 0.1) is 0 Å². The molecule has 0 spiro atoms. The molecule has 0 saturated carbocycles. The quantitative estimate of drug-likeness (QED) is 0.140. The van der Waals surface area contributed by atoms with E-state index in [1.807, 2.05) is 0 Å². The summed E-state index contributed by atoms with van der Waals surface area (Å²) in [6.45, 7) is 34.6. The monoisotopic (exact) mass is 1100 g/mol. The van der Waals surface area contributed by atoms with E-state index in [1.54, 1.807) is 0 Å². The Morgan fingerprint density at radius 1 is 0.357 bits per heavy atom. The molecule has 0 fully saturated rings. The summed E-state index contributed by atoms with van der Waals surface area (Å²) >= 11 is 0. The second-order valence-electron chi connectivity index (χ2n) is 30.2. The first-order chi connectivity index (χ1) is 39.9. The Bertz CT molecular complexity index is 4050. The van der Waals surface area contributed by atoms with Crippen molar-refractivity contribution < 1.29 is 0 Å². The fourth-order valence-electron chi connectivity index (χ4n) is 16.5. The normalized spacial score (nSPS) is 18.6. The third-order valence-corrected chi connectivity index (χ3v) is 21.4. The van der Waals surface area contributed by atoms with Crippen LogP contribution in [0.3, 0.4) is 0 Å². The molecule has 84 heavy (non-hydrogen) atoms. The molecule has 4 heteroatoms. The summed E-state index contributed by atoms with van der Waals surface area (Å²) in [7, 11) is 0. The number of para-hydroxylation sites is 2. The Labute approximate surface area is 502 Å². The van der Waals surface area contributed by atoms with E-state index in [0.29, 0.717) is 0 Å². The van der Waals surface area contributed by atoms with Gasteiger partial charge in [-0.15, -0.1) is 0 Å². The van der Waals surface area contributed by atoms with Gasteiger partial charge in [0.05, 0.1) is 11.4 Å². The number of rotatable bonds is 8. The maximum Gasteiger partial charge on any atom is 0.252 e. The lowest BCUT2D eigenvalue weighted by molar-refractivity contribution is 0.332. The lowest BCUT2D eigenvalue weighted by Crippen LogP contribution is -2.62. The van der Waals surface area contributed by atoms with E-state index in [9.17, 15) is 0 Å². The number of fused-ring (bicyclic) bond motifs is 7. The molecule has 0 N–H and O–H groups in total. The van der Waals surface area contributed by atoms with Crippen molar-refractivity contribution >= 4 is 74.3 Å². The highest BCUT2D eigenvalue weighted by molar-refractivity contribution is 7.00. The minimum atomic E-state index is -0.264. The first kappa shape index (κ1) is 54.4. The van der Waals surface area contributed by atoms with Crippen molar-refractivity contribution in [2.45, 2.75) is 167 Å². The largest absolute Gasteiger partial charge is 0.311 e. The number of hydrogen-bond donors (Lipinski definition) is 0. The summed E-state index contributed by atoms with van der Waals surface area (Å²) < 4.78 is 0. The highest BCUT2D eigenvalue weighted by Crippen LogP contribution is 2.57. The third-order valence-electron chi connectivity index (χ3n) is 21.4. The van der Waals surface area contributed by atoms with Crippen molar-refractivity contribution in [3.8, 4) is 11.1 Å². The molecule has 5 aliphatic rings. The minimum Gasteiger partial charge on any atom is -0.311 e. The highest BCUT2D eigenvalue weighted by atomic mass is 15.2. The van der Waals surface area contributed by atoms with Crippen LogP contribution in [0.4, 0.5) is 51.2 Å². The molecule has 3 aliphatic carbocycles. The molecule has 0 amide bonds. The molecule has 9 aromatic carbocycles. The standard InChI is InChI=1S/C80H84BN3/c1-74(2)39-40-75(3,4)61-44-57(36-37-60(61)74)83-69-49-64-62(76(5,6)41-42-77(64,7)8)47-66(69)81-67-48-63-65(79(11,12)51-78(63,9)10)50-70(67)84(68-38-35-54(43-59(68)52-27-19-15-20-28-52)80(13,14)53-29-21-16-22-30-53)72-46-58(45-71(83)73(72)81)82(55-31-23-17-24-32-55)56-33-25-18-26-34-56/h15-38,43-50H,39-42,51H2,1-14H3. The average Bonchev–Trinajstić information content (AvgIpc) is 3.47. The predicted molar refractivity (Wildman–Crippen MR) is 360 cm³/mol. The van der Waals surface area contributed by atoms with E-state index in [2.05, 4.69) is 306 Å². The van der Waals surface area contributed by atoms with E-state index in [-0.39, 0.29) is 44.6 Å². The fraction of sp³-hybridized carbons (Fsp3) is 0.325. The number of benzene rings is 9. The van der Waals surface area contributed by atoms with Crippen LogP contribution < -0.4 is 31.1 Å². The lowest BCUT2D eigenvalue weighted by Gasteiger charge is -2.48. The minimum absolute atomic E-state index is 0.00167. The Kier molecular flexibility index (Phi) is 12.1. The number of hydrogen-bond acceptors (Lipinski definition) is 3. The molecule has 0 unspecified atom stereocenters. The van der Waals surface area contributed by atoms with Gasteiger partial charge in [0.2, 0.25) is 0 Å². The van der Waals surface area contributed by atoms with Crippen LogP contribution in [-0.2, 0) is 37.9 Å². The lowest BCUT2D eigenvalue weighted by atomic mass is 9.33. The molecule has 9 aromatic rings. The molecule has 3 nitrogen and oxygen atoms in total.